The molecular weight excluding hydrogens is 372 g/mol. The molecule has 4 heterocycles. The Morgan fingerprint density at radius 2 is 1.86 bits per heavy atom. The topological polar surface area (TPSA) is 103 Å². The number of nitrogens with one attached hydrogen (secondary N) is 1. The summed E-state index contributed by atoms with van der Waals surface area (Å²) >= 11 is 0. The van der Waals surface area contributed by atoms with Gasteiger partial charge in [0.05, 0.1) is 5.56 Å². The van der Waals surface area contributed by atoms with E-state index in [1.165, 1.54) is 0 Å². The largest absolute Gasteiger partial charge is 0.485 e. The third kappa shape index (κ3) is 3.14. The third-order valence-corrected chi connectivity index (χ3v) is 4.70. The maximum atomic E-state index is 12.5. The molecule has 8 heteroatoms. The molecule has 0 bridgehead atoms. The first kappa shape index (κ1) is 17.2. The van der Waals surface area contributed by atoms with Gasteiger partial charge in [0, 0.05) is 23.7 Å². The van der Waals surface area contributed by atoms with Gasteiger partial charge in [-0.1, -0.05) is 17.3 Å². The van der Waals surface area contributed by atoms with E-state index in [9.17, 15) is 4.79 Å². The molecule has 0 spiro atoms. The lowest BCUT2D eigenvalue weighted by Crippen LogP contribution is -2.21. The molecule has 3 aromatic heterocycles. The number of benzene rings is 1. The van der Waals surface area contributed by atoms with Gasteiger partial charge in [-0.25, -0.2) is 0 Å². The molecule has 1 atom stereocenters. The first-order valence-corrected chi connectivity index (χ1v) is 9.06. The fraction of sp³-hybridized carbons (Fsp3) is 0.143. The number of pyridine rings is 2. The van der Waals surface area contributed by atoms with Crippen molar-refractivity contribution in [1.29, 1.82) is 0 Å². The van der Waals surface area contributed by atoms with Gasteiger partial charge in [-0.05, 0) is 42.8 Å². The van der Waals surface area contributed by atoms with Crippen molar-refractivity contribution < 1.29 is 14.0 Å². The summed E-state index contributed by atoms with van der Waals surface area (Å²) in [4.78, 5) is 23.8. The summed E-state index contributed by atoms with van der Waals surface area (Å²) in [6.07, 6.45) is 2.85. The van der Waals surface area contributed by atoms with E-state index < -0.39 is 6.10 Å². The van der Waals surface area contributed by atoms with E-state index in [4.69, 9.17) is 14.0 Å². The van der Waals surface area contributed by atoms with Crippen LogP contribution in [0.4, 0.5) is 0 Å². The van der Waals surface area contributed by atoms with Crippen molar-refractivity contribution in [2.45, 2.75) is 13.0 Å². The zero-order valence-corrected chi connectivity index (χ0v) is 15.5. The minimum atomic E-state index is -0.546. The lowest BCUT2D eigenvalue weighted by molar-refractivity contribution is 0.0665. The summed E-state index contributed by atoms with van der Waals surface area (Å²) in [6, 6.07) is 12.9. The van der Waals surface area contributed by atoms with Gasteiger partial charge in [-0.3, -0.25) is 9.78 Å². The fourth-order valence-corrected chi connectivity index (χ4v) is 3.24. The minimum Gasteiger partial charge on any atom is -0.485 e. The van der Waals surface area contributed by atoms with Crippen molar-refractivity contribution in [2.75, 3.05) is 6.61 Å². The maximum absolute atomic E-state index is 12.5. The number of aromatic nitrogens is 4. The summed E-state index contributed by atoms with van der Waals surface area (Å²) in [7, 11) is 0. The predicted molar refractivity (Wildman–Crippen MR) is 104 cm³/mol. The van der Waals surface area contributed by atoms with Gasteiger partial charge < -0.3 is 19.0 Å². The average Bonchev–Trinajstić information content (AvgIpc) is 3.24. The molecule has 144 valence electrons. The van der Waals surface area contributed by atoms with Crippen LogP contribution in [0.5, 0.6) is 11.5 Å². The molecule has 1 N–H and O–H groups in total. The lowest BCUT2D eigenvalue weighted by Gasteiger charge is -2.23. The van der Waals surface area contributed by atoms with Crippen LogP contribution in [0.3, 0.4) is 0 Å². The van der Waals surface area contributed by atoms with Crippen molar-refractivity contribution in [1.82, 2.24) is 20.1 Å². The molecule has 4 aromatic rings. The van der Waals surface area contributed by atoms with Gasteiger partial charge in [0.25, 0.3) is 11.4 Å². The number of ether oxygens (including phenoxy) is 2. The fourth-order valence-electron chi connectivity index (χ4n) is 3.24. The Morgan fingerprint density at radius 1 is 1.07 bits per heavy atom. The zero-order chi connectivity index (χ0) is 19.8. The van der Waals surface area contributed by atoms with Crippen molar-refractivity contribution in [3.8, 4) is 34.0 Å². The number of hydrogen-bond donors (Lipinski definition) is 1. The Hall–Kier alpha value is -3.94. The van der Waals surface area contributed by atoms with Crippen molar-refractivity contribution in [3.63, 3.8) is 0 Å². The Morgan fingerprint density at radius 3 is 2.69 bits per heavy atom. The van der Waals surface area contributed by atoms with Crippen molar-refractivity contribution >= 4 is 0 Å². The predicted octanol–water partition coefficient (Wildman–Crippen LogP) is 3.31. The third-order valence-electron chi connectivity index (χ3n) is 4.70. The first-order valence-electron chi connectivity index (χ1n) is 9.06. The molecule has 5 rings (SSSR count). The minimum absolute atomic E-state index is 0.194. The second kappa shape index (κ2) is 6.90. The van der Waals surface area contributed by atoms with Crippen LogP contribution in [-0.2, 0) is 0 Å². The maximum Gasteiger partial charge on any atom is 0.271 e. The second-order valence-electron chi connectivity index (χ2n) is 6.61. The van der Waals surface area contributed by atoms with Crippen molar-refractivity contribution in [3.05, 3.63) is 76.8 Å². The number of aromatic amines is 1. The van der Waals surface area contributed by atoms with E-state index in [1.54, 1.807) is 18.5 Å². The smallest absolute Gasteiger partial charge is 0.271 e. The summed E-state index contributed by atoms with van der Waals surface area (Å²) in [5.74, 6) is 1.72. The number of aryl methyl sites for hydroxylation is 1. The quantitative estimate of drug-likeness (QED) is 0.574. The zero-order valence-electron chi connectivity index (χ0n) is 15.5. The van der Waals surface area contributed by atoms with Gasteiger partial charge in [-0.15, -0.1) is 0 Å². The second-order valence-corrected chi connectivity index (χ2v) is 6.61. The Kier molecular flexibility index (Phi) is 4.09. The summed E-state index contributed by atoms with van der Waals surface area (Å²) < 4.78 is 17.0. The summed E-state index contributed by atoms with van der Waals surface area (Å²) in [6.45, 7) is 2.08. The molecular formula is C21H16N4O4. The van der Waals surface area contributed by atoms with E-state index in [-0.39, 0.29) is 23.9 Å². The molecule has 0 fully saturated rings. The monoisotopic (exact) mass is 388 g/mol. The van der Waals surface area contributed by atoms with E-state index in [0.717, 1.165) is 16.8 Å². The number of nitrogens with zero attached hydrogens (tertiary/aromatic N) is 3. The molecule has 0 amide bonds. The van der Waals surface area contributed by atoms with Crippen LogP contribution in [0.2, 0.25) is 0 Å². The van der Waals surface area contributed by atoms with Gasteiger partial charge in [0.1, 0.15) is 6.61 Å². The Labute approximate surface area is 165 Å². The van der Waals surface area contributed by atoms with E-state index in [0.29, 0.717) is 17.1 Å². The molecule has 1 aliphatic rings. The Bertz CT molecular complexity index is 1230. The van der Waals surface area contributed by atoms with Crippen LogP contribution in [0.15, 0.2) is 64.2 Å². The Balaban J connectivity index is 1.49. The highest BCUT2D eigenvalue weighted by Gasteiger charge is 2.28. The molecule has 0 radical (unpaired) electrons. The van der Waals surface area contributed by atoms with E-state index in [2.05, 4.69) is 20.1 Å². The van der Waals surface area contributed by atoms with Crippen LogP contribution < -0.4 is 15.0 Å². The average molecular weight is 388 g/mol. The lowest BCUT2D eigenvalue weighted by atomic mass is 10.0. The van der Waals surface area contributed by atoms with Gasteiger partial charge in [0.15, 0.2) is 11.5 Å². The van der Waals surface area contributed by atoms with Crippen LogP contribution in [0, 0.1) is 6.92 Å². The summed E-state index contributed by atoms with van der Waals surface area (Å²) in [5, 5.41) is 3.99. The normalized spacial score (nSPS) is 15.3. The number of H-pyrrole nitrogens is 1. The number of rotatable bonds is 3. The highest BCUT2D eigenvalue weighted by molar-refractivity contribution is 5.70. The highest BCUT2D eigenvalue weighted by Crippen LogP contribution is 2.35. The molecule has 1 aromatic carbocycles. The van der Waals surface area contributed by atoms with Crippen molar-refractivity contribution in [2.24, 2.45) is 0 Å². The first-order chi connectivity index (χ1) is 14.2. The molecule has 1 unspecified atom stereocenters. The van der Waals surface area contributed by atoms with Gasteiger partial charge >= 0.3 is 0 Å². The van der Waals surface area contributed by atoms with E-state index in [1.807, 2.05) is 43.3 Å². The standard InChI is InChI=1S/C21H16N4O4/c1-12-14(13-6-8-22-9-7-13)10-15(20(26)23-12)19-24-21(29-25-19)18-11-27-16-4-2-3-5-17(16)28-18/h2-10,18H,11H2,1H3,(H,23,26). The molecule has 0 saturated heterocycles. The molecule has 8 nitrogen and oxygen atoms in total. The molecule has 0 saturated carbocycles. The van der Waals surface area contributed by atoms with Gasteiger partial charge in [0.2, 0.25) is 11.9 Å². The molecule has 0 aliphatic carbocycles. The van der Waals surface area contributed by atoms with Crippen LogP contribution in [-0.4, -0.2) is 26.7 Å². The van der Waals surface area contributed by atoms with E-state index >= 15 is 0 Å². The molecule has 1 aliphatic heterocycles. The highest BCUT2D eigenvalue weighted by atomic mass is 16.6. The number of fused-ring (bicyclic) bond motifs is 1. The van der Waals surface area contributed by atoms with Gasteiger partial charge in [-0.2, -0.15) is 4.98 Å². The summed E-state index contributed by atoms with van der Waals surface area (Å²) in [5.41, 5.74) is 2.56. The van der Waals surface area contributed by atoms with Crippen LogP contribution in [0.25, 0.3) is 22.5 Å². The number of para-hydroxylation sites is 2. The van der Waals surface area contributed by atoms with Crippen LogP contribution >= 0.6 is 0 Å². The number of hydrogen-bond acceptors (Lipinski definition) is 7. The molecule has 29 heavy (non-hydrogen) atoms. The SMILES string of the molecule is Cc1[nH]c(=O)c(-c2noc(C3COc4ccccc4O3)n2)cc1-c1ccncc1. The van der Waals surface area contributed by atoms with Crippen LogP contribution in [0.1, 0.15) is 17.7 Å².